The van der Waals surface area contributed by atoms with Crippen LogP contribution in [-0.2, 0) is 17.1 Å². The van der Waals surface area contributed by atoms with E-state index in [0.29, 0.717) is 16.7 Å². The Morgan fingerprint density at radius 1 is 1.47 bits per heavy atom. The van der Waals surface area contributed by atoms with Crippen LogP contribution >= 0.6 is 11.6 Å². The van der Waals surface area contributed by atoms with E-state index < -0.39 is 12.6 Å². The number of aliphatic carboxylic acids is 1. The first-order chi connectivity index (χ1) is 7.93. The van der Waals surface area contributed by atoms with Crippen LogP contribution in [0.4, 0.5) is 8.78 Å². The largest absolute Gasteiger partial charge is 0.481 e. The summed E-state index contributed by atoms with van der Waals surface area (Å²) < 4.78 is 28.5. The summed E-state index contributed by atoms with van der Waals surface area (Å²) in [5.41, 5.74) is 1.48. The first-order valence-corrected chi connectivity index (χ1v) is 5.32. The van der Waals surface area contributed by atoms with E-state index in [-0.39, 0.29) is 18.1 Å². The predicted molar refractivity (Wildman–Crippen MR) is 58.7 cm³/mol. The molecule has 0 spiro atoms. The molecule has 0 atom stereocenters. The second kappa shape index (κ2) is 5.82. The summed E-state index contributed by atoms with van der Waals surface area (Å²) in [4.78, 5) is 10.6. The Hall–Kier alpha value is -1.36. The molecule has 6 heteroatoms. The molecule has 0 aliphatic rings. The molecule has 1 aromatic carbocycles. The number of alkyl halides is 3. The van der Waals surface area contributed by atoms with Gasteiger partial charge in [-0.2, -0.15) is 8.78 Å². The first kappa shape index (κ1) is 13.7. The van der Waals surface area contributed by atoms with Crippen molar-refractivity contribution in [1.82, 2.24) is 0 Å². The lowest BCUT2D eigenvalue weighted by molar-refractivity contribution is -0.136. The standard InChI is InChI=1S/C11H11ClF2O3/c1-6-2-8(5-12)7(4-10(15)16)3-9(6)17-11(13)14/h2-3,11H,4-5H2,1H3,(H,15,16). The summed E-state index contributed by atoms with van der Waals surface area (Å²) in [7, 11) is 0. The van der Waals surface area contributed by atoms with Crippen LogP contribution in [0.15, 0.2) is 12.1 Å². The van der Waals surface area contributed by atoms with E-state index in [4.69, 9.17) is 16.7 Å². The zero-order chi connectivity index (χ0) is 13.0. The maximum atomic E-state index is 12.1. The Morgan fingerprint density at radius 2 is 2.12 bits per heavy atom. The lowest BCUT2D eigenvalue weighted by atomic mass is 10.0. The van der Waals surface area contributed by atoms with Crippen LogP contribution in [0.3, 0.4) is 0 Å². The van der Waals surface area contributed by atoms with Crippen LogP contribution in [0.1, 0.15) is 16.7 Å². The molecular weight excluding hydrogens is 254 g/mol. The van der Waals surface area contributed by atoms with Crippen molar-refractivity contribution in [3.63, 3.8) is 0 Å². The van der Waals surface area contributed by atoms with Crippen LogP contribution in [0.2, 0.25) is 0 Å². The second-order valence-corrected chi connectivity index (χ2v) is 3.74. The van der Waals surface area contributed by atoms with E-state index in [1.165, 1.54) is 6.07 Å². The lowest BCUT2D eigenvalue weighted by Crippen LogP contribution is -2.07. The van der Waals surface area contributed by atoms with Gasteiger partial charge in [-0.25, -0.2) is 0 Å². The molecule has 1 rings (SSSR count). The third-order valence-corrected chi connectivity index (χ3v) is 2.49. The minimum Gasteiger partial charge on any atom is -0.481 e. The molecule has 3 nitrogen and oxygen atoms in total. The van der Waals surface area contributed by atoms with Gasteiger partial charge in [-0.05, 0) is 29.7 Å². The van der Waals surface area contributed by atoms with Gasteiger partial charge in [0.1, 0.15) is 5.75 Å². The van der Waals surface area contributed by atoms with Gasteiger partial charge in [-0.3, -0.25) is 4.79 Å². The summed E-state index contributed by atoms with van der Waals surface area (Å²) in [6.07, 6.45) is -0.276. The van der Waals surface area contributed by atoms with Crippen molar-refractivity contribution in [2.45, 2.75) is 25.8 Å². The van der Waals surface area contributed by atoms with Crippen LogP contribution in [0, 0.1) is 6.92 Å². The van der Waals surface area contributed by atoms with Gasteiger partial charge in [-0.1, -0.05) is 6.07 Å². The number of carbonyl (C=O) groups is 1. The van der Waals surface area contributed by atoms with Gasteiger partial charge >= 0.3 is 12.6 Å². The fraction of sp³-hybridized carbons (Fsp3) is 0.364. The molecule has 0 saturated carbocycles. The Morgan fingerprint density at radius 3 is 2.59 bits per heavy atom. The Labute approximate surface area is 102 Å². The molecule has 17 heavy (non-hydrogen) atoms. The summed E-state index contributed by atoms with van der Waals surface area (Å²) in [6.45, 7) is -1.34. The maximum Gasteiger partial charge on any atom is 0.387 e. The highest BCUT2D eigenvalue weighted by atomic mass is 35.5. The van der Waals surface area contributed by atoms with Crippen molar-refractivity contribution in [1.29, 1.82) is 0 Å². The minimum absolute atomic E-state index is 0.0230. The fourth-order valence-electron chi connectivity index (χ4n) is 1.46. The average molecular weight is 265 g/mol. The van der Waals surface area contributed by atoms with Crippen molar-refractivity contribution in [2.75, 3.05) is 0 Å². The molecule has 0 aliphatic carbocycles. The van der Waals surface area contributed by atoms with Gasteiger partial charge in [0.05, 0.1) is 6.42 Å². The third-order valence-electron chi connectivity index (χ3n) is 2.20. The van der Waals surface area contributed by atoms with Crippen molar-refractivity contribution in [3.8, 4) is 5.75 Å². The average Bonchev–Trinajstić information content (AvgIpc) is 2.21. The van der Waals surface area contributed by atoms with Crippen molar-refractivity contribution in [3.05, 3.63) is 28.8 Å². The monoisotopic (exact) mass is 264 g/mol. The number of carboxylic acids is 1. The number of carboxylic acid groups (broad SMARTS) is 1. The molecule has 0 saturated heterocycles. The number of hydrogen-bond donors (Lipinski definition) is 1. The van der Waals surface area contributed by atoms with Crippen molar-refractivity contribution >= 4 is 17.6 Å². The molecule has 0 aliphatic heterocycles. The minimum atomic E-state index is -2.94. The fourth-order valence-corrected chi connectivity index (χ4v) is 1.71. The van der Waals surface area contributed by atoms with Gasteiger partial charge in [0.2, 0.25) is 0 Å². The molecule has 0 bridgehead atoms. The summed E-state index contributed by atoms with van der Waals surface area (Å²) >= 11 is 5.66. The normalized spacial score (nSPS) is 10.6. The van der Waals surface area contributed by atoms with Gasteiger partial charge < -0.3 is 9.84 Å². The zero-order valence-electron chi connectivity index (χ0n) is 9.04. The van der Waals surface area contributed by atoms with Gasteiger partial charge in [0.25, 0.3) is 0 Å². The predicted octanol–water partition coefficient (Wildman–Crippen LogP) is 2.96. The molecule has 0 unspecified atom stereocenters. The number of halogens is 3. The Bertz CT molecular complexity index is 421. The van der Waals surface area contributed by atoms with Gasteiger partial charge in [-0.15, -0.1) is 11.6 Å². The molecule has 0 fully saturated rings. The van der Waals surface area contributed by atoms with Gasteiger partial charge in [0, 0.05) is 5.88 Å². The zero-order valence-corrected chi connectivity index (χ0v) is 9.80. The molecule has 0 heterocycles. The Balaban J connectivity index is 3.12. The van der Waals surface area contributed by atoms with Crippen LogP contribution in [0.25, 0.3) is 0 Å². The third kappa shape index (κ3) is 3.85. The highest BCUT2D eigenvalue weighted by Gasteiger charge is 2.13. The highest BCUT2D eigenvalue weighted by molar-refractivity contribution is 6.17. The van der Waals surface area contributed by atoms with E-state index in [9.17, 15) is 13.6 Å². The molecule has 0 aromatic heterocycles. The topological polar surface area (TPSA) is 46.5 Å². The van der Waals surface area contributed by atoms with E-state index in [1.54, 1.807) is 13.0 Å². The van der Waals surface area contributed by atoms with Crippen molar-refractivity contribution in [2.24, 2.45) is 0 Å². The van der Waals surface area contributed by atoms with Crippen LogP contribution in [-0.4, -0.2) is 17.7 Å². The summed E-state index contributed by atoms with van der Waals surface area (Å²) in [5.74, 6) is -0.952. The second-order valence-electron chi connectivity index (χ2n) is 3.47. The van der Waals surface area contributed by atoms with Crippen molar-refractivity contribution < 1.29 is 23.4 Å². The quantitative estimate of drug-likeness (QED) is 0.832. The maximum absolute atomic E-state index is 12.1. The molecule has 1 N–H and O–H groups in total. The van der Waals surface area contributed by atoms with Crippen LogP contribution in [0.5, 0.6) is 5.75 Å². The molecule has 0 radical (unpaired) electrons. The highest BCUT2D eigenvalue weighted by Crippen LogP contribution is 2.26. The summed E-state index contributed by atoms with van der Waals surface area (Å²) in [6, 6.07) is 2.86. The van der Waals surface area contributed by atoms with E-state index in [2.05, 4.69) is 4.74 Å². The number of benzene rings is 1. The van der Waals surface area contributed by atoms with E-state index >= 15 is 0 Å². The van der Waals surface area contributed by atoms with E-state index in [1.807, 2.05) is 0 Å². The number of ether oxygens (including phenoxy) is 1. The molecule has 1 aromatic rings. The Kier molecular flexibility index (Phi) is 4.69. The summed E-state index contributed by atoms with van der Waals surface area (Å²) in [5, 5.41) is 8.70. The van der Waals surface area contributed by atoms with Crippen LogP contribution < -0.4 is 4.74 Å². The molecular formula is C11H11ClF2O3. The smallest absolute Gasteiger partial charge is 0.387 e. The SMILES string of the molecule is Cc1cc(CCl)c(CC(=O)O)cc1OC(F)F. The number of aryl methyl sites for hydroxylation is 1. The van der Waals surface area contributed by atoms with Gasteiger partial charge in [0.15, 0.2) is 0 Å². The van der Waals surface area contributed by atoms with E-state index in [0.717, 1.165) is 0 Å². The molecule has 94 valence electrons. The number of hydrogen-bond acceptors (Lipinski definition) is 2. The number of rotatable bonds is 5. The lowest BCUT2D eigenvalue weighted by Gasteiger charge is -2.12. The first-order valence-electron chi connectivity index (χ1n) is 4.79. The molecule has 0 amide bonds.